The molecule has 6 nitrogen and oxygen atoms in total. The summed E-state index contributed by atoms with van der Waals surface area (Å²) in [6.07, 6.45) is 1.07. The van der Waals surface area contributed by atoms with Gasteiger partial charge in [-0.1, -0.05) is 18.2 Å². The molecule has 1 aliphatic heterocycles. The van der Waals surface area contributed by atoms with Crippen LogP contribution in [0, 0.1) is 19.8 Å². The Hall–Kier alpha value is -2.63. The predicted octanol–water partition coefficient (Wildman–Crippen LogP) is 1.85. The molecule has 1 unspecified atom stereocenters. The highest BCUT2D eigenvalue weighted by atomic mass is 16.2. The van der Waals surface area contributed by atoms with E-state index in [0.29, 0.717) is 18.2 Å². The van der Waals surface area contributed by atoms with E-state index in [4.69, 9.17) is 0 Å². The highest BCUT2D eigenvalue weighted by molar-refractivity contribution is 5.75. The molecular weight excluding hydrogens is 328 g/mol. The Morgan fingerprint density at radius 1 is 1.27 bits per heavy atom. The van der Waals surface area contributed by atoms with Gasteiger partial charge in [0.2, 0.25) is 5.91 Å². The SMILES string of the molecule is Cc1cc(C)n(CC(=O)N(C)CC2CCN(c3ccccc3)C2)c(=O)n1. The molecule has 138 valence electrons. The molecule has 0 N–H and O–H groups in total. The summed E-state index contributed by atoms with van der Waals surface area (Å²) < 4.78 is 1.44. The molecule has 1 fully saturated rings. The Bertz CT molecular complexity index is 831. The molecule has 0 spiro atoms. The second-order valence-electron chi connectivity index (χ2n) is 7.12. The van der Waals surface area contributed by atoms with Gasteiger partial charge >= 0.3 is 5.69 Å². The number of hydrogen-bond acceptors (Lipinski definition) is 4. The van der Waals surface area contributed by atoms with Crippen LogP contribution in [0.25, 0.3) is 0 Å². The van der Waals surface area contributed by atoms with Crippen LogP contribution in [0.1, 0.15) is 17.8 Å². The van der Waals surface area contributed by atoms with E-state index in [-0.39, 0.29) is 18.1 Å². The zero-order chi connectivity index (χ0) is 18.7. The van der Waals surface area contributed by atoms with E-state index in [1.54, 1.807) is 11.8 Å². The highest BCUT2D eigenvalue weighted by Gasteiger charge is 2.25. The number of para-hydroxylation sites is 1. The van der Waals surface area contributed by atoms with Gasteiger partial charge in [-0.3, -0.25) is 9.36 Å². The molecule has 0 bridgehead atoms. The molecule has 1 aromatic heterocycles. The van der Waals surface area contributed by atoms with Gasteiger partial charge in [0.25, 0.3) is 0 Å². The summed E-state index contributed by atoms with van der Waals surface area (Å²) >= 11 is 0. The van der Waals surface area contributed by atoms with Crippen LogP contribution >= 0.6 is 0 Å². The van der Waals surface area contributed by atoms with Gasteiger partial charge < -0.3 is 9.80 Å². The van der Waals surface area contributed by atoms with Gasteiger partial charge in [0, 0.05) is 43.8 Å². The molecule has 3 rings (SSSR count). The second-order valence-corrected chi connectivity index (χ2v) is 7.12. The Balaban J connectivity index is 1.58. The number of hydrogen-bond donors (Lipinski definition) is 0. The fourth-order valence-electron chi connectivity index (χ4n) is 3.57. The number of carbonyl (C=O) groups excluding carboxylic acids is 1. The fraction of sp³-hybridized carbons (Fsp3) is 0.450. The molecule has 1 aliphatic rings. The number of benzene rings is 1. The topological polar surface area (TPSA) is 58.4 Å². The normalized spacial score (nSPS) is 16.7. The number of aryl methyl sites for hydroxylation is 2. The largest absolute Gasteiger partial charge is 0.371 e. The molecule has 0 radical (unpaired) electrons. The number of nitrogens with zero attached hydrogens (tertiary/aromatic N) is 4. The first-order chi connectivity index (χ1) is 12.4. The van der Waals surface area contributed by atoms with Crippen LogP contribution in [0.15, 0.2) is 41.2 Å². The second kappa shape index (κ2) is 7.72. The van der Waals surface area contributed by atoms with Crippen molar-refractivity contribution < 1.29 is 4.79 Å². The minimum atomic E-state index is -0.361. The average molecular weight is 354 g/mol. The number of rotatable bonds is 5. The van der Waals surface area contributed by atoms with Crippen LogP contribution in [-0.2, 0) is 11.3 Å². The van der Waals surface area contributed by atoms with Crippen molar-refractivity contribution in [3.05, 3.63) is 58.3 Å². The van der Waals surface area contributed by atoms with Gasteiger partial charge in [-0.25, -0.2) is 4.79 Å². The standard InChI is InChI=1S/C20H26N4O2/c1-15-11-16(2)24(20(26)21-15)14-19(25)22(3)12-17-9-10-23(13-17)18-7-5-4-6-8-18/h4-8,11,17H,9-10,12-14H2,1-3H3. The van der Waals surface area contributed by atoms with Gasteiger partial charge in [-0.05, 0) is 44.4 Å². The summed E-state index contributed by atoms with van der Waals surface area (Å²) in [6.45, 7) is 6.33. The molecule has 1 saturated heterocycles. The number of anilines is 1. The lowest BCUT2D eigenvalue weighted by atomic mass is 10.1. The molecular formula is C20H26N4O2. The summed E-state index contributed by atoms with van der Waals surface area (Å²) in [5, 5.41) is 0. The Labute approximate surface area is 154 Å². The summed E-state index contributed by atoms with van der Waals surface area (Å²) in [6, 6.07) is 12.2. The van der Waals surface area contributed by atoms with Crippen molar-refractivity contribution >= 4 is 11.6 Å². The van der Waals surface area contributed by atoms with Gasteiger partial charge in [0.1, 0.15) is 6.54 Å². The van der Waals surface area contributed by atoms with E-state index in [1.807, 2.05) is 38.2 Å². The molecule has 0 aliphatic carbocycles. The third-order valence-electron chi connectivity index (χ3n) is 5.00. The van der Waals surface area contributed by atoms with E-state index in [2.05, 4.69) is 22.0 Å². The molecule has 6 heteroatoms. The van der Waals surface area contributed by atoms with Crippen LogP contribution in [0.3, 0.4) is 0 Å². The van der Waals surface area contributed by atoms with Crippen LogP contribution in [-0.4, -0.2) is 47.0 Å². The van der Waals surface area contributed by atoms with Crippen molar-refractivity contribution in [3.8, 4) is 0 Å². The van der Waals surface area contributed by atoms with E-state index < -0.39 is 0 Å². The Morgan fingerprint density at radius 3 is 2.69 bits per heavy atom. The predicted molar refractivity (Wildman–Crippen MR) is 102 cm³/mol. The lowest BCUT2D eigenvalue weighted by molar-refractivity contribution is -0.131. The first-order valence-electron chi connectivity index (χ1n) is 9.03. The van der Waals surface area contributed by atoms with Crippen LogP contribution in [0.2, 0.25) is 0 Å². The molecule has 1 amide bonds. The zero-order valence-corrected chi connectivity index (χ0v) is 15.7. The van der Waals surface area contributed by atoms with Gasteiger partial charge in [-0.15, -0.1) is 0 Å². The van der Waals surface area contributed by atoms with Crippen molar-refractivity contribution in [2.45, 2.75) is 26.8 Å². The fourth-order valence-corrected chi connectivity index (χ4v) is 3.57. The van der Waals surface area contributed by atoms with Gasteiger partial charge in [-0.2, -0.15) is 4.98 Å². The Kier molecular flexibility index (Phi) is 5.40. The third kappa shape index (κ3) is 4.12. The first-order valence-corrected chi connectivity index (χ1v) is 9.03. The van der Waals surface area contributed by atoms with Crippen molar-refractivity contribution in [1.82, 2.24) is 14.5 Å². The van der Waals surface area contributed by atoms with E-state index >= 15 is 0 Å². The maximum absolute atomic E-state index is 12.6. The zero-order valence-electron chi connectivity index (χ0n) is 15.7. The molecule has 0 saturated carbocycles. The monoisotopic (exact) mass is 354 g/mol. The molecule has 26 heavy (non-hydrogen) atoms. The highest BCUT2D eigenvalue weighted by Crippen LogP contribution is 2.23. The number of carbonyl (C=O) groups is 1. The summed E-state index contributed by atoms with van der Waals surface area (Å²) in [5.41, 5.74) is 2.31. The molecule has 1 atom stereocenters. The summed E-state index contributed by atoms with van der Waals surface area (Å²) in [4.78, 5) is 32.6. The maximum atomic E-state index is 12.6. The quantitative estimate of drug-likeness (QED) is 0.822. The van der Waals surface area contributed by atoms with Crippen LogP contribution < -0.4 is 10.6 Å². The number of likely N-dealkylation sites (N-methyl/N-ethyl adjacent to an activating group) is 1. The lowest BCUT2D eigenvalue weighted by Crippen LogP contribution is -2.38. The van der Waals surface area contributed by atoms with Crippen molar-refractivity contribution in [1.29, 1.82) is 0 Å². The van der Waals surface area contributed by atoms with Crippen molar-refractivity contribution in [3.63, 3.8) is 0 Å². The van der Waals surface area contributed by atoms with Gasteiger partial charge in [0.15, 0.2) is 0 Å². The average Bonchev–Trinajstić information content (AvgIpc) is 3.07. The first kappa shape index (κ1) is 18.2. The molecule has 2 aromatic rings. The van der Waals surface area contributed by atoms with Crippen molar-refractivity contribution in [2.24, 2.45) is 5.92 Å². The maximum Gasteiger partial charge on any atom is 0.348 e. The number of amides is 1. The Morgan fingerprint density at radius 2 is 2.00 bits per heavy atom. The van der Waals surface area contributed by atoms with E-state index in [0.717, 1.165) is 25.2 Å². The number of aromatic nitrogens is 2. The van der Waals surface area contributed by atoms with Crippen LogP contribution in [0.5, 0.6) is 0 Å². The summed E-state index contributed by atoms with van der Waals surface area (Å²) in [5.74, 6) is 0.386. The summed E-state index contributed by atoms with van der Waals surface area (Å²) in [7, 11) is 1.81. The van der Waals surface area contributed by atoms with Crippen LogP contribution in [0.4, 0.5) is 5.69 Å². The minimum Gasteiger partial charge on any atom is -0.371 e. The lowest BCUT2D eigenvalue weighted by Gasteiger charge is -2.23. The van der Waals surface area contributed by atoms with Gasteiger partial charge in [0.05, 0.1) is 0 Å². The smallest absolute Gasteiger partial charge is 0.348 e. The third-order valence-corrected chi connectivity index (χ3v) is 5.00. The minimum absolute atomic E-state index is 0.0452. The van der Waals surface area contributed by atoms with Crippen molar-refractivity contribution in [2.75, 3.05) is 31.6 Å². The van der Waals surface area contributed by atoms with E-state index in [9.17, 15) is 9.59 Å². The molecule has 2 heterocycles. The molecule has 1 aromatic carbocycles. The van der Waals surface area contributed by atoms with E-state index in [1.165, 1.54) is 10.3 Å².